The highest BCUT2D eigenvalue weighted by Crippen LogP contribution is 2.16. The maximum Gasteiger partial charge on any atom is 0.307 e. The summed E-state index contributed by atoms with van der Waals surface area (Å²) in [5.41, 5.74) is -0.495. The number of amides is 1. The van der Waals surface area contributed by atoms with Gasteiger partial charge >= 0.3 is 5.97 Å². The average Bonchev–Trinajstić information content (AvgIpc) is 2.46. The highest BCUT2D eigenvalue weighted by molar-refractivity contribution is 5.78. The number of hydrogen-bond acceptors (Lipinski definition) is 3. The van der Waals surface area contributed by atoms with Crippen molar-refractivity contribution in [1.29, 1.82) is 0 Å². The van der Waals surface area contributed by atoms with Gasteiger partial charge < -0.3 is 10.1 Å². The maximum absolute atomic E-state index is 12.0. The third-order valence-electron chi connectivity index (χ3n) is 3.99. The van der Waals surface area contributed by atoms with Crippen molar-refractivity contribution in [3.05, 3.63) is 0 Å². The van der Waals surface area contributed by atoms with Crippen LogP contribution in [0.5, 0.6) is 0 Å². The first kappa shape index (κ1) is 19.9. The minimum absolute atomic E-state index is 0.0387. The molecular formula is C17H33NO3. The Morgan fingerprint density at radius 3 is 2.10 bits per heavy atom. The van der Waals surface area contributed by atoms with Gasteiger partial charge in [0, 0.05) is 12.0 Å². The van der Waals surface area contributed by atoms with Crippen LogP contribution in [0.3, 0.4) is 0 Å². The summed E-state index contributed by atoms with van der Waals surface area (Å²) >= 11 is 0. The first-order chi connectivity index (χ1) is 9.97. The van der Waals surface area contributed by atoms with Crippen molar-refractivity contribution in [3.63, 3.8) is 0 Å². The van der Waals surface area contributed by atoms with Crippen LogP contribution in [0, 0.1) is 0 Å². The molecule has 0 aromatic rings. The Hall–Kier alpha value is -1.06. The van der Waals surface area contributed by atoms with Gasteiger partial charge in [0.05, 0.1) is 13.5 Å². The van der Waals surface area contributed by atoms with Gasteiger partial charge in [-0.3, -0.25) is 9.59 Å². The van der Waals surface area contributed by atoms with Crippen LogP contribution < -0.4 is 5.32 Å². The number of rotatable bonds is 12. The van der Waals surface area contributed by atoms with Crippen LogP contribution in [-0.4, -0.2) is 24.5 Å². The molecule has 4 nitrogen and oxygen atoms in total. The molecule has 0 saturated carbocycles. The first-order valence-corrected chi connectivity index (χ1v) is 8.35. The first-order valence-electron chi connectivity index (χ1n) is 8.35. The van der Waals surface area contributed by atoms with Crippen LogP contribution in [0.15, 0.2) is 0 Å². The zero-order chi connectivity index (χ0) is 16.1. The van der Waals surface area contributed by atoms with E-state index < -0.39 is 5.54 Å². The quantitative estimate of drug-likeness (QED) is 0.438. The largest absolute Gasteiger partial charge is 0.469 e. The SMILES string of the molecule is CCCCCCCCCC(=O)NC(C)(CC)CC(=O)OC. The zero-order valence-electron chi connectivity index (χ0n) is 14.3. The van der Waals surface area contributed by atoms with Gasteiger partial charge in [-0.1, -0.05) is 52.4 Å². The van der Waals surface area contributed by atoms with Crippen molar-refractivity contribution < 1.29 is 14.3 Å². The Kier molecular flexibility index (Phi) is 11.0. The van der Waals surface area contributed by atoms with E-state index in [-0.39, 0.29) is 18.3 Å². The molecule has 0 bridgehead atoms. The Bertz CT molecular complexity index is 304. The van der Waals surface area contributed by atoms with E-state index >= 15 is 0 Å². The zero-order valence-corrected chi connectivity index (χ0v) is 14.3. The number of esters is 1. The molecule has 4 heteroatoms. The van der Waals surface area contributed by atoms with E-state index in [4.69, 9.17) is 0 Å². The summed E-state index contributed by atoms with van der Waals surface area (Å²) in [4.78, 5) is 23.3. The Balaban J connectivity index is 3.87. The number of nitrogens with one attached hydrogen (secondary N) is 1. The lowest BCUT2D eigenvalue weighted by Crippen LogP contribution is -2.47. The number of unbranched alkanes of at least 4 members (excludes halogenated alkanes) is 6. The summed E-state index contributed by atoms with van der Waals surface area (Å²) in [7, 11) is 1.37. The summed E-state index contributed by atoms with van der Waals surface area (Å²) in [6, 6.07) is 0. The summed E-state index contributed by atoms with van der Waals surface area (Å²) in [6.07, 6.45) is 9.87. The second-order valence-corrected chi connectivity index (χ2v) is 6.09. The van der Waals surface area contributed by atoms with Gasteiger partial charge in [0.25, 0.3) is 0 Å². The molecule has 0 heterocycles. The standard InChI is InChI=1S/C17H33NO3/c1-5-7-8-9-10-11-12-13-15(19)18-17(3,6-2)14-16(20)21-4/h5-14H2,1-4H3,(H,18,19). The minimum Gasteiger partial charge on any atom is -0.469 e. The molecule has 0 radical (unpaired) electrons. The number of carbonyl (C=O) groups is 2. The number of ether oxygens (including phenoxy) is 1. The third-order valence-corrected chi connectivity index (χ3v) is 3.99. The Morgan fingerprint density at radius 1 is 1.00 bits per heavy atom. The van der Waals surface area contributed by atoms with Gasteiger partial charge in [0.2, 0.25) is 5.91 Å². The maximum atomic E-state index is 12.0. The van der Waals surface area contributed by atoms with Crippen LogP contribution in [0.25, 0.3) is 0 Å². The minimum atomic E-state index is -0.495. The monoisotopic (exact) mass is 299 g/mol. The lowest BCUT2D eigenvalue weighted by atomic mass is 9.94. The highest BCUT2D eigenvalue weighted by atomic mass is 16.5. The van der Waals surface area contributed by atoms with Crippen molar-refractivity contribution in [2.24, 2.45) is 0 Å². The van der Waals surface area contributed by atoms with E-state index in [2.05, 4.69) is 17.0 Å². The van der Waals surface area contributed by atoms with Crippen LogP contribution in [0.2, 0.25) is 0 Å². The van der Waals surface area contributed by atoms with Crippen molar-refractivity contribution in [1.82, 2.24) is 5.32 Å². The van der Waals surface area contributed by atoms with Crippen molar-refractivity contribution in [2.45, 2.75) is 90.5 Å². The van der Waals surface area contributed by atoms with Crippen molar-refractivity contribution >= 4 is 11.9 Å². The fourth-order valence-corrected chi connectivity index (χ4v) is 2.29. The second-order valence-electron chi connectivity index (χ2n) is 6.09. The molecule has 0 spiro atoms. The number of methoxy groups -OCH3 is 1. The van der Waals surface area contributed by atoms with E-state index in [9.17, 15) is 9.59 Å². The van der Waals surface area contributed by atoms with Gasteiger partial charge in [-0.05, 0) is 19.8 Å². The predicted octanol–water partition coefficient (Wildman–Crippen LogP) is 3.98. The summed E-state index contributed by atoms with van der Waals surface area (Å²) in [6.45, 7) is 6.08. The van der Waals surface area contributed by atoms with E-state index in [1.807, 2.05) is 13.8 Å². The molecule has 0 saturated heterocycles. The Labute approximate surface area is 130 Å². The normalized spacial score (nSPS) is 13.5. The fourth-order valence-electron chi connectivity index (χ4n) is 2.29. The highest BCUT2D eigenvalue weighted by Gasteiger charge is 2.27. The topological polar surface area (TPSA) is 55.4 Å². The molecule has 0 aromatic carbocycles. The molecule has 1 unspecified atom stereocenters. The van der Waals surface area contributed by atoms with E-state index in [0.29, 0.717) is 12.8 Å². The lowest BCUT2D eigenvalue weighted by molar-refractivity contribution is -0.142. The van der Waals surface area contributed by atoms with Crippen LogP contribution in [-0.2, 0) is 14.3 Å². The molecule has 1 atom stereocenters. The van der Waals surface area contributed by atoms with Crippen LogP contribution >= 0.6 is 0 Å². The fraction of sp³-hybridized carbons (Fsp3) is 0.882. The summed E-state index contributed by atoms with van der Waals surface area (Å²) < 4.78 is 4.68. The molecule has 0 aliphatic rings. The van der Waals surface area contributed by atoms with E-state index in [1.54, 1.807) is 0 Å². The van der Waals surface area contributed by atoms with Gasteiger partial charge in [-0.2, -0.15) is 0 Å². The van der Waals surface area contributed by atoms with Crippen molar-refractivity contribution in [3.8, 4) is 0 Å². The lowest BCUT2D eigenvalue weighted by Gasteiger charge is -2.28. The van der Waals surface area contributed by atoms with Gasteiger partial charge in [-0.15, -0.1) is 0 Å². The molecule has 0 aliphatic carbocycles. The van der Waals surface area contributed by atoms with Crippen molar-refractivity contribution in [2.75, 3.05) is 7.11 Å². The van der Waals surface area contributed by atoms with Gasteiger partial charge in [-0.25, -0.2) is 0 Å². The van der Waals surface area contributed by atoms with Crippen LogP contribution in [0.1, 0.15) is 85.0 Å². The third kappa shape index (κ3) is 10.3. The average molecular weight is 299 g/mol. The van der Waals surface area contributed by atoms with E-state index in [0.717, 1.165) is 12.8 Å². The molecule has 0 aliphatic heterocycles. The molecule has 1 amide bonds. The molecule has 1 N–H and O–H groups in total. The predicted molar refractivity (Wildman–Crippen MR) is 86.1 cm³/mol. The Morgan fingerprint density at radius 2 is 1.57 bits per heavy atom. The molecule has 0 aromatic heterocycles. The smallest absolute Gasteiger partial charge is 0.307 e. The second kappa shape index (κ2) is 11.6. The van der Waals surface area contributed by atoms with Gasteiger partial charge in [0.1, 0.15) is 0 Å². The van der Waals surface area contributed by atoms with E-state index in [1.165, 1.54) is 39.2 Å². The van der Waals surface area contributed by atoms with Crippen LogP contribution in [0.4, 0.5) is 0 Å². The summed E-state index contributed by atoms with van der Waals surface area (Å²) in [5, 5.41) is 2.98. The molecule has 0 rings (SSSR count). The molecule has 0 fully saturated rings. The molecule has 124 valence electrons. The molecule has 21 heavy (non-hydrogen) atoms. The molecular weight excluding hydrogens is 266 g/mol. The summed E-state index contributed by atoms with van der Waals surface area (Å²) in [5.74, 6) is -0.243. The number of hydrogen-bond donors (Lipinski definition) is 1. The number of carbonyl (C=O) groups excluding carboxylic acids is 2. The van der Waals surface area contributed by atoms with Gasteiger partial charge in [0.15, 0.2) is 0 Å².